The minimum atomic E-state index is 0.257. The average molecular weight is 916 g/mol. The van der Waals surface area contributed by atoms with Crippen LogP contribution >= 0.6 is 0 Å². The third-order valence-electron chi connectivity index (χ3n) is 14.0. The Morgan fingerprint density at radius 1 is 0.423 bits per heavy atom. The molecule has 11 rings (SSSR count). The molecule has 0 spiro atoms. The Hall–Kier alpha value is -8.66. The molecule has 2 unspecified atom stereocenters. The summed E-state index contributed by atoms with van der Waals surface area (Å²) in [7, 11) is 0. The highest BCUT2D eigenvalue weighted by Gasteiger charge is 2.24. The van der Waals surface area contributed by atoms with E-state index in [2.05, 4.69) is 290 Å². The molecule has 1 aromatic heterocycles. The first-order chi connectivity index (χ1) is 35.0. The standard InChI is InChI=1S/C68H57N3/c1-4-15-65-66-47-46-64(48-68(66)71(67(65)5-2)63-34-22-49(3)23-35-63)70(61-42-28-55(29-43-61)52-20-13-8-14-21-52)62-44-32-57(33-45-62)56-30-40-60(41-31-56)69(58-36-24-53(25-37-58)50-16-9-6-10-17-50)59-38-26-54(27-39-59)51-18-11-7-12-19-51/h4-22,24-34,36-49,63H,2,23,35H2,1,3H3/b15-4-. The lowest BCUT2D eigenvalue weighted by molar-refractivity contribution is 0.471. The molecule has 0 fully saturated rings. The van der Waals surface area contributed by atoms with Gasteiger partial charge in [0.15, 0.2) is 0 Å². The van der Waals surface area contributed by atoms with Gasteiger partial charge < -0.3 is 14.4 Å². The van der Waals surface area contributed by atoms with Gasteiger partial charge in [0.1, 0.15) is 0 Å². The Labute approximate surface area is 419 Å². The van der Waals surface area contributed by atoms with Crippen molar-refractivity contribution in [1.29, 1.82) is 0 Å². The van der Waals surface area contributed by atoms with Gasteiger partial charge in [-0.2, -0.15) is 0 Å². The molecular formula is C68H57N3. The van der Waals surface area contributed by atoms with Crippen molar-refractivity contribution in [2.24, 2.45) is 5.92 Å². The molecule has 344 valence electrons. The third kappa shape index (κ3) is 9.19. The van der Waals surface area contributed by atoms with Gasteiger partial charge in [0.2, 0.25) is 0 Å². The van der Waals surface area contributed by atoms with Crippen LogP contribution in [0.2, 0.25) is 0 Å². The highest BCUT2D eigenvalue weighted by atomic mass is 15.1. The largest absolute Gasteiger partial charge is 0.333 e. The molecule has 3 heteroatoms. The Bertz CT molecular complexity index is 3380. The fourth-order valence-corrected chi connectivity index (χ4v) is 10.4. The second kappa shape index (κ2) is 20.1. The zero-order chi connectivity index (χ0) is 48.1. The second-order valence-electron chi connectivity index (χ2n) is 18.6. The van der Waals surface area contributed by atoms with Crippen LogP contribution in [-0.2, 0) is 0 Å². The van der Waals surface area contributed by atoms with Crippen LogP contribution in [-0.4, -0.2) is 4.57 Å². The predicted molar refractivity (Wildman–Crippen MR) is 304 cm³/mol. The van der Waals surface area contributed by atoms with E-state index in [0.717, 1.165) is 58.1 Å². The van der Waals surface area contributed by atoms with Gasteiger partial charge in [-0.3, -0.25) is 0 Å². The molecule has 0 radical (unpaired) electrons. The van der Waals surface area contributed by atoms with Crippen LogP contribution in [0.3, 0.4) is 0 Å². The van der Waals surface area contributed by atoms with E-state index < -0.39 is 0 Å². The third-order valence-corrected chi connectivity index (χ3v) is 14.0. The predicted octanol–water partition coefficient (Wildman–Crippen LogP) is 19.5. The SMILES string of the molecule is C=Cc1c(/C=C\C)c2ccc(N(c3ccc(-c4ccccc4)cc3)c3ccc(-c4ccc(N(c5ccc(-c6ccccc6)cc5)c5ccc(-c6ccccc6)cc5)cc4)cc3)cc2n1C1C=CC(C)CC1. The molecule has 2 atom stereocenters. The van der Waals surface area contributed by atoms with Gasteiger partial charge in [-0.25, -0.2) is 0 Å². The summed E-state index contributed by atoms with van der Waals surface area (Å²) in [5, 5.41) is 1.24. The first-order valence-corrected chi connectivity index (χ1v) is 24.9. The van der Waals surface area contributed by atoms with Crippen LogP contribution in [0.15, 0.2) is 255 Å². The minimum Gasteiger partial charge on any atom is -0.333 e. The van der Waals surface area contributed by atoms with Crippen LogP contribution in [0.1, 0.15) is 44.0 Å². The zero-order valence-electron chi connectivity index (χ0n) is 40.4. The fraction of sp³-hybridized carbons (Fsp3) is 0.0882. The van der Waals surface area contributed by atoms with E-state index in [9.17, 15) is 0 Å². The Morgan fingerprint density at radius 3 is 1.11 bits per heavy atom. The summed E-state index contributed by atoms with van der Waals surface area (Å²) < 4.78 is 2.52. The van der Waals surface area contributed by atoms with Crippen molar-refractivity contribution >= 4 is 57.2 Å². The zero-order valence-corrected chi connectivity index (χ0v) is 40.4. The molecule has 10 aromatic rings. The van der Waals surface area contributed by atoms with Crippen molar-refractivity contribution in [2.75, 3.05) is 9.80 Å². The summed E-state index contributed by atoms with van der Waals surface area (Å²) >= 11 is 0. The lowest BCUT2D eigenvalue weighted by atomic mass is 9.94. The number of aromatic nitrogens is 1. The van der Waals surface area contributed by atoms with E-state index in [1.165, 1.54) is 55.5 Å². The summed E-state index contributed by atoms with van der Waals surface area (Å²) in [6, 6.07) is 83.7. The summed E-state index contributed by atoms with van der Waals surface area (Å²) in [6.07, 6.45) is 13.5. The molecule has 0 saturated carbocycles. The quantitative estimate of drug-likeness (QED) is 0.107. The smallest absolute Gasteiger partial charge is 0.0523 e. The molecule has 9 aromatic carbocycles. The van der Waals surface area contributed by atoms with E-state index in [0.29, 0.717) is 5.92 Å². The first-order valence-electron chi connectivity index (χ1n) is 24.9. The van der Waals surface area contributed by atoms with Gasteiger partial charge in [0.25, 0.3) is 0 Å². The molecule has 0 bridgehead atoms. The molecule has 0 saturated heterocycles. The van der Waals surface area contributed by atoms with Gasteiger partial charge in [0, 0.05) is 50.8 Å². The topological polar surface area (TPSA) is 11.4 Å². The van der Waals surface area contributed by atoms with Crippen LogP contribution in [0, 0.1) is 5.92 Å². The molecule has 71 heavy (non-hydrogen) atoms. The van der Waals surface area contributed by atoms with E-state index in [4.69, 9.17) is 0 Å². The Balaban J connectivity index is 0.954. The number of hydrogen-bond acceptors (Lipinski definition) is 2. The number of allylic oxidation sites excluding steroid dienone is 3. The number of hydrogen-bond donors (Lipinski definition) is 0. The van der Waals surface area contributed by atoms with E-state index in [1.807, 2.05) is 6.08 Å². The van der Waals surface area contributed by atoms with Gasteiger partial charge in [-0.15, -0.1) is 0 Å². The normalized spacial score (nSPS) is 14.5. The van der Waals surface area contributed by atoms with E-state index in [-0.39, 0.29) is 6.04 Å². The van der Waals surface area contributed by atoms with Gasteiger partial charge in [0.05, 0.1) is 11.6 Å². The van der Waals surface area contributed by atoms with Crippen LogP contribution < -0.4 is 9.80 Å². The van der Waals surface area contributed by atoms with Crippen molar-refractivity contribution < 1.29 is 0 Å². The maximum atomic E-state index is 4.33. The number of benzene rings is 9. The minimum absolute atomic E-state index is 0.257. The number of rotatable bonds is 13. The lowest BCUT2D eigenvalue weighted by Gasteiger charge is -2.27. The molecule has 1 heterocycles. The second-order valence-corrected chi connectivity index (χ2v) is 18.6. The summed E-state index contributed by atoms with van der Waals surface area (Å²) in [4.78, 5) is 4.74. The number of nitrogens with zero attached hydrogens (tertiary/aromatic N) is 3. The van der Waals surface area contributed by atoms with Crippen LogP contribution in [0.25, 0.3) is 67.6 Å². The lowest BCUT2D eigenvalue weighted by Crippen LogP contribution is -2.14. The summed E-state index contributed by atoms with van der Waals surface area (Å²) in [5.41, 5.74) is 19.7. The molecule has 1 aliphatic rings. The molecule has 1 aliphatic carbocycles. The average Bonchev–Trinajstić information content (AvgIpc) is 3.75. The molecular weight excluding hydrogens is 859 g/mol. The monoisotopic (exact) mass is 915 g/mol. The van der Waals surface area contributed by atoms with E-state index in [1.54, 1.807) is 0 Å². The highest BCUT2D eigenvalue weighted by Crippen LogP contribution is 2.43. The highest BCUT2D eigenvalue weighted by molar-refractivity contribution is 5.97. The summed E-state index contributed by atoms with van der Waals surface area (Å²) in [5.74, 6) is 0.586. The van der Waals surface area contributed by atoms with Crippen molar-refractivity contribution in [3.05, 3.63) is 267 Å². The van der Waals surface area contributed by atoms with Crippen molar-refractivity contribution in [3.63, 3.8) is 0 Å². The van der Waals surface area contributed by atoms with Crippen molar-refractivity contribution in [2.45, 2.75) is 32.7 Å². The molecule has 0 aliphatic heterocycles. The molecule has 0 N–H and O–H groups in total. The van der Waals surface area contributed by atoms with Crippen LogP contribution in [0.5, 0.6) is 0 Å². The van der Waals surface area contributed by atoms with Crippen LogP contribution in [0.4, 0.5) is 34.1 Å². The summed E-state index contributed by atoms with van der Waals surface area (Å²) in [6.45, 7) is 8.74. The maximum Gasteiger partial charge on any atom is 0.0523 e. The Kier molecular flexibility index (Phi) is 12.7. The van der Waals surface area contributed by atoms with Gasteiger partial charge >= 0.3 is 0 Å². The number of anilines is 6. The first kappa shape index (κ1) is 44.8. The Morgan fingerprint density at radius 2 is 0.775 bits per heavy atom. The van der Waals surface area contributed by atoms with Crippen molar-refractivity contribution in [1.82, 2.24) is 4.57 Å². The van der Waals surface area contributed by atoms with E-state index >= 15 is 0 Å². The van der Waals surface area contributed by atoms with Gasteiger partial charge in [-0.1, -0.05) is 196 Å². The maximum absolute atomic E-state index is 4.33. The molecule has 0 amide bonds. The van der Waals surface area contributed by atoms with Crippen molar-refractivity contribution in [3.8, 4) is 44.5 Å². The van der Waals surface area contributed by atoms with Gasteiger partial charge in [-0.05, 0) is 149 Å². The molecule has 3 nitrogen and oxygen atoms in total. The number of fused-ring (bicyclic) bond motifs is 1. The fourth-order valence-electron chi connectivity index (χ4n) is 10.4.